The Labute approximate surface area is 175 Å². The molecule has 0 saturated carbocycles. The van der Waals surface area contributed by atoms with E-state index in [0.29, 0.717) is 23.6 Å². The third-order valence-electron chi connectivity index (χ3n) is 4.39. The average Bonchev–Trinajstić information content (AvgIpc) is 2.75. The smallest absolute Gasteiger partial charge is 0.323 e. The fourth-order valence-electron chi connectivity index (χ4n) is 2.74. The van der Waals surface area contributed by atoms with Crippen LogP contribution in [0, 0.1) is 6.92 Å². The minimum Gasteiger partial charge on any atom is -0.497 e. The van der Waals surface area contributed by atoms with Crippen LogP contribution < -0.4 is 26.0 Å². The predicted molar refractivity (Wildman–Crippen MR) is 119 cm³/mol. The molecule has 3 aromatic rings. The number of anilines is 3. The van der Waals surface area contributed by atoms with Crippen LogP contribution in [0.1, 0.15) is 11.1 Å². The van der Waals surface area contributed by atoms with E-state index in [0.717, 1.165) is 16.9 Å². The summed E-state index contributed by atoms with van der Waals surface area (Å²) in [7, 11) is 1.61. The van der Waals surface area contributed by atoms with Gasteiger partial charge in [-0.25, -0.2) is 9.59 Å². The third-order valence-corrected chi connectivity index (χ3v) is 4.39. The van der Waals surface area contributed by atoms with E-state index < -0.39 is 0 Å². The zero-order valence-corrected chi connectivity index (χ0v) is 16.9. The number of urea groups is 2. The van der Waals surface area contributed by atoms with Crippen molar-refractivity contribution in [1.29, 1.82) is 0 Å². The van der Waals surface area contributed by atoms with Gasteiger partial charge in [0.05, 0.1) is 7.11 Å². The van der Waals surface area contributed by atoms with Crippen LogP contribution in [0.2, 0.25) is 0 Å². The number of methoxy groups -OCH3 is 1. The molecule has 30 heavy (non-hydrogen) atoms. The lowest BCUT2D eigenvalue weighted by Gasteiger charge is -2.13. The van der Waals surface area contributed by atoms with Crippen molar-refractivity contribution in [2.75, 3.05) is 23.1 Å². The van der Waals surface area contributed by atoms with Gasteiger partial charge in [0.1, 0.15) is 5.75 Å². The fourth-order valence-corrected chi connectivity index (χ4v) is 2.74. The van der Waals surface area contributed by atoms with Crippen LogP contribution in [-0.4, -0.2) is 19.2 Å². The molecule has 0 bridgehead atoms. The van der Waals surface area contributed by atoms with E-state index in [-0.39, 0.29) is 12.1 Å². The summed E-state index contributed by atoms with van der Waals surface area (Å²) in [5.74, 6) is 0.763. The molecule has 0 saturated heterocycles. The molecule has 0 aliphatic heterocycles. The van der Waals surface area contributed by atoms with Crippen molar-refractivity contribution in [3.63, 3.8) is 0 Å². The van der Waals surface area contributed by atoms with Crippen LogP contribution in [0.25, 0.3) is 0 Å². The normalized spacial score (nSPS) is 10.1. The van der Waals surface area contributed by atoms with E-state index in [2.05, 4.69) is 21.3 Å². The standard InChI is InChI=1S/C23H24N4O3/c1-16-8-11-19(26-23(29)25-18-6-4-3-5-7-18)14-21(16)27-22(28)24-15-17-9-12-20(30-2)13-10-17/h3-14H,15H2,1-2H3,(H2,24,27,28)(H2,25,26,29). The minimum atomic E-state index is -0.361. The highest BCUT2D eigenvalue weighted by Crippen LogP contribution is 2.21. The van der Waals surface area contributed by atoms with Gasteiger partial charge in [0.15, 0.2) is 0 Å². The van der Waals surface area contributed by atoms with Gasteiger partial charge in [-0.2, -0.15) is 0 Å². The maximum atomic E-state index is 12.3. The molecular weight excluding hydrogens is 380 g/mol. The molecule has 154 valence electrons. The van der Waals surface area contributed by atoms with E-state index >= 15 is 0 Å². The first-order valence-corrected chi connectivity index (χ1v) is 9.45. The molecular formula is C23H24N4O3. The van der Waals surface area contributed by atoms with Gasteiger partial charge in [-0.3, -0.25) is 0 Å². The Hall–Kier alpha value is -4.00. The Balaban J connectivity index is 1.56. The van der Waals surface area contributed by atoms with Gasteiger partial charge < -0.3 is 26.0 Å². The quantitative estimate of drug-likeness (QED) is 0.467. The molecule has 0 aliphatic rings. The second kappa shape index (κ2) is 9.97. The molecule has 0 atom stereocenters. The second-order valence-corrected chi connectivity index (χ2v) is 6.63. The van der Waals surface area contributed by atoms with Gasteiger partial charge in [0.25, 0.3) is 0 Å². The predicted octanol–water partition coefficient (Wildman–Crippen LogP) is 4.97. The first kappa shape index (κ1) is 20.7. The highest BCUT2D eigenvalue weighted by atomic mass is 16.5. The summed E-state index contributed by atoms with van der Waals surface area (Å²) in [5, 5.41) is 11.2. The van der Waals surface area contributed by atoms with Crippen molar-refractivity contribution in [1.82, 2.24) is 5.32 Å². The number of carbonyl (C=O) groups is 2. The van der Waals surface area contributed by atoms with Gasteiger partial charge in [0, 0.05) is 23.6 Å². The summed E-state index contributed by atoms with van der Waals surface area (Å²) in [5.41, 5.74) is 3.71. The maximum absolute atomic E-state index is 12.3. The molecule has 7 nitrogen and oxygen atoms in total. The van der Waals surface area contributed by atoms with Gasteiger partial charge in [-0.05, 0) is 54.4 Å². The van der Waals surface area contributed by atoms with Crippen molar-refractivity contribution < 1.29 is 14.3 Å². The Kier molecular flexibility index (Phi) is 6.89. The van der Waals surface area contributed by atoms with Crippen molar-refractivity contribution in [2.45, 2.75) is 13.5 Å². The van der Waals surface area contributed by atoms with Gasteiger partial charge >= 0.3 is 12.1 Å². The summed E-state index contributed by atoms with van der Waals surface area (Å²) < 4.78 is 5.12. The zero-order valence-electron chi connectivity index (χ0n) is 16.9. The molecule has 0 radical (unpaired) electrons. The molecule has 4 amide bonds. The van der Waals surface area contributed by atoms with Crippen LogP contribution in [0.15, 0.2) is 72.8 Å². The third kappa shape index (κ3) is 6.00. The van der Waals surface area contributed by atoms with Crippen LogP contribution >= 0.6 is 0 Å². The number of nitrogens with one attached hydrogen (secondary N) is 4. The summed E-state index contributed by atoms with van der Waals surface area (Å²) >= 11 is 0. The number of rotatable bonds is 6. The zero-order chi connectivity index (χ0) is 21.3. The van der Waals surface area contributed by atoms with Crippen LogP contribution in [-0.2, 0) is 6.54 Å². The summed E-state index contributed by atoms with van der Waals surface area (Å²) in [6.45, 7) is 2.26. The molecule has 7 heteroatoms. The molecule has 0 spiro atoms. The number of aryl methyl sites for hydroxylation is 1. The summed E-state index contributed by atoms with van der Waals surface area (Å²) in [6, 6.07) is 21.3. The maximum Gasteiger partial charge on any atom is 0.323 e. The average molecular weight is 404 g/mol. The largest absolute Gasteiger partial charge is 0.497 e. The lowest BCUT2D eigenvalue weighted by atomic mass is 10.2. The van der Waals surface area contributed by atoms with Crippen molar-refractivity contribution in [3.05, 3.63) is 83.9 Å². The molecule has 3 aromatic carbocycles. The monoisotopic (exact) mass is 404 g/mol. The van der Waals surface area contributed by atoms with Crippen molar-refractivity contribution in [3.8, 4) is 5.75 Å². The van der Waals surface area contributed by atoms with Crippen LogP contribution in [0.4, 0.5) is 26.7 Å². The first-order chi connectivity index (χ1) is 14.5. The lowest BCUT2D eigenvalue weighted by Crippen LogP contribution is -2.28. The van der Waals surface area contributed by atoms with E-state index in [1.807, 2.05) is 55.5 Å². The van der Waals surface area contributed by atoms with Crippen molar-refractivity contribution >= 4 is 29.1 Å². The van der Waals surface area contributed by atoms with E-state index in [9.17, 15) is 9.59 Å². The Morgan fingerprint density at radius 2 is 1.50 bits per heavy atom. The number of benzene rings is 3. The SMILES string of the molecule is COc1ccc(CNC(=O)Nc2cc(NC(=O)Nc3ccccc3)ccc2C)cc1. The summed E-state index contributed by atoms with van der Waals surface area (Å²) in [6.07, 6.45) is 0. The molecule has 0 aliphatic carbocycles. The first-order valence-electron chi connectivity index (χ1n) is 9.45. The summed E-state index contributed by atoms with van der Waals surface area (Å²) in [4.78, 5) is 24.5. The van der Waals surface area contributed by atoms with Gasteiger partial charge in [-0.1, -0.05) is 36.4 Å². The highest BCUT2D eigenvalue weighted by molar-refractivity contribution is 6.00. The van der Waals surface area contributed by atoms with E-state index in [1.54, 1.807) is 31.4 Å². The molecule has 0 heterocycles. The number of amides is 4. The van der Waals surface area contributed by atoms with E-state index in [1.165, 1.54) is 0 Å². The number of para-hydroxylation sites is 1. The topological polar surface area (TPSA) is 91.5 Å². The Bertz CT molecular complexity index is 1000. The minimum absolute atomic E-state index is 0.334. The molecule has 0 fully saturated rings. The second-order valence-electron chi connectivity index (χ2n) is 6.63. The molecule has 0 unspecified atom stereocenters. The van der Waals surface area contributed by atoms with Crippen LogP contribution in [0.3, 0.4) is 0 Å². The number of hydrogen-bond acceptors (Lipinski definition) is 3. The number of hydrogen-bond donors (Lipinski definition) is 4. The van der Waals surface area contributed by atoms with Gasteiger partial charge in [0.2, 0.25) is 0 Å². The van der Waals surface area contributed by atoms with Crippen molar-refractivity contribution in [2.24, 2.45) is 0 Å². The lowest BCUT2D eigenvalue weighted by molar-refractivity contribution is 0.251. The fraction of sp³-hybridized carbons (Fsp3) is 0.130. The molecule has 4 N–H and O–H groups in total. The molecule has 3 rings (SSSR count). The number of ether oxygens (including phenoxy) is 1. The highest BCUT2D eigenvalue weighted by Gasteiger charge is 2.08. The van der Waals surface area contributed by atoms with Crippen LogP contribution in [0.5, 0.6) is 5.75 Å². The number of carbonyl (C=O) groups excluding carboxylic acids is 2. The Morgan fingerprint density at radius 3 is 2.20 bits per heavy atom. The van der Waals surface area contributed by atoms with Gasteiger partial charge in [-0.15, -0.1) is 0 Å². The molecule has 0 aromatic heterocycles. The Morgan fingerprint density at radius 1 is 0.800 bits per heavy atom. The van der Waals surface area contributed by atoms with E-state index in [4.69, 9.17) is 4.74 Å².